The first-order valence-electron chi connectivity index (χ1n) is 6.89. The van der Waals surface area contributed by atoms with Crippen LogP contribution in [0.4, 0.5) is 16.2 Å². The van der Waals surface area contributed by atoms with Crippen molar-refractivity contribution in [2.75, 3.05) is 17.2 Å². The number of benzene rings is 1. The highest BCUT2D eigenvalue weighted by Gasteiger charge is 2.23. The van der Waals surface area contributed by atoms with Crippen LogP contribution in [0, 0.1) is 11.3 Å². The number of rotatable bonds is 5. The summed E-state index contributed by atoms with van der Waals surface area (Å²) in [6.07, 6.45) is 0.703. The van der Waals surface area contributed by atoms with Gasteiger partial charge >= 0.3 is 6.03 Å². The van der Waals surface area contributed by atoms with Gasteiger partial charge in [-0.1, -0.05) is 26.8 Å². The van der Waals surface area contributed by atoms with E-state index in [-0.39, 0.29) is 17.2 Å². The molecule has 0 spiro atoms. The van der Waals surface area contributed by atoms with Crippen LogP contribution in [-0.2, 0) is 4.79 Å². The molecule has 116 valence electrons. The van der Waals surface area contributed by atoms with E-state index in [1.807, 2.05) is 0 Å². The molecule has 0 radical (unpaired) electrons. The molecule has 1 rings (SSSR count). The maximum absolute atomic E-state index is 12.3. The minimum Gasteiger partial charge on any atom is -0.351 e. The van der Waals surface area contributed by atoms with Crippen LogP contribution in [0.2, 0.25) is 0 Å². The van der Waals surface area contributed by atoms with Crippen molar-refractivity contribution in [2.45, 2.75) is 27.2 Å². The normalized spacial score (nSPS) is 12.6. The second-order valence-electron chi connectivity index (χ2n) is 6.26. The molecule has 6 nitrogen and oxygen atoms in total. The number of hydrogen-bond donors (Lipinski definition) is 4. The van der Waals surface area contributed by atoms with E-state index in [4.69, 9.17) is 11.5 Å². The first kappa shape index (κ1) is 17.0. The molecule has 6 N–H and O–H groups in total. The van der Waals surface area contributed by atoms with Crippen molar-refractivity contribution in [1.29, 1.82) is 0 Å². The Bertz CT molecular complexity index is 509. The van der Waals surface area contributed by atoms with Gasteiger partial charge in [0.05, 0.1) is 5.92 Å². The Balaban J connectivity index is 2.75. The monoisotopic (exact) mass is 292 g/mol. The lowest BCUT2D eigenvalue weighted by molar-refractivity contribution is -0.120. The lowest BCUT2D eigenvalue weighted by Gasteiger charge is -2.24. The number of amides is 3. The highest BCUT2D eigenvalue weighted by molar-refractivity contribution is 5.94. The number of carbonyl (C=O) groups excluding carboxylic acids is 2. The molecule has 0 saturated heterocycles. The molecule has 0 bridgehead atoms. The van der Waals surface area contributed by atoms with Crippen molar-refractivity contribution in [1.82, 2.24) is 0 Å². The van der Waals surface area contributed by atoms with Gasteiger partial charge in [-0.25, -0.2) is 4.79 Å². The lowest BCUT2D eigenvalue weighted by atomic mass is 9.84. The van der Waals surface area contributed by atoms with Crippen molar-refractivity contribution in [3.8, 4) is 0 Å². The molecule has 0 aliphatic carbocycles. The van der Waals surface area contributed by atoms with Gasteiger partial charge < -0.3 is 22.1 Å². The van der Waals surface area contributed by atoms with Crippen LogP contribution in [0.25, 0.3) is 0 Å². The zero-order valence-electron chi connectivity index (χ0n) is 12.8. The van der Waals surface area contributed by atoms with Gasteiger partial charge in [-0.3, -0.25) is 4.79 Å². The van der Waals surface area contributed by atoms with Gasteiger partial charge in [-0.2, -0.15) is 0 Å². The average molecular weight is 292 g/mol. The smallest absolute Gasteiger partial charge is 0.316 e. The molecule has 0 saturated carbocycles. The molecule has 21 heavy (non-hydrogen) atoms. The van der Waals surface area contributed by atoms with Crippen LogP contribution in [0.5, 0.6) is 0 Å². The van der Waals surface area contributed by atoms with Gasteiger partial charge in [0.1, 0.15) is 0 Å². The third-order valence-electron chi connectivity index (χ3n) is 2.91. The zero-order valence-corrected chi connectivity index (χ0v) is 12.8. The molecule has 1 aromatic carbocycles. The molecule has 0 aliphatic rings. The van der Waals surface area contributed by atoms with Crippen molar-refractivity contribution < 1.29 is 9.59 Å². The Labute approximate surface area is 125 Å². The summed E-state index contributed by atoms with van der Waals surface area (Å²) in [4.78, 5) is 23.1. The number of primary amides is 1. The summed E-state index contributed by atoms with van der Waals surface area (Å²) in [5.41, 5.74) is 11.9. The number of carbonyl (C=O) groups is 2. The molecule has 1 unspecified atom stereocenters. The molecule has 3 amide bonds. The Morgan fingerprint density at radius 3 is 2.24 bits per heavy atom. The minimum absolute atomic E-state index is 0.0246. The third kappa shape index (κ3) is 6.27. The molecule has 1 atom stereocenters. The van der Waals surface area contributed by atoms with Crippen molar-refractivity contribution in [3.63, 3.8) is 0 Å². The average Bonchev–Trinajstić information content (AvgIpc) is 2.34. The summed E-state index contributed by atoms with van der Waals surface area (Å²) in [5, 5.41) is 5.28. The standard InChI is InChI=1S/C15H24N4O2/c1-15(2,3)8-10(9-16)13(20)18-11-5-4-6-12(7-11)19-14(17)21/h4-7,10H,8-9,16H2,1-3H3,(H,18,20)(H3,17,19,21). The fraction of sp³-hybridized carbons (Fsp3) is 0.467. The summed E-state index contributed by atoms with van der Waals surface area (Å²) < 4.78 is 0. The van der Waals surface area contributed by atoms with Crippen molar-refractivity contribution >= 4 is 23.3 Å². The van der Waals surface area contributed by atoms with E-state index >= 15 is 0 Å². The molecule has 0 aliphatic heterocycles. The van der Waals surface area contributed by atoms with E-state index < -0.39 is 6.03 Å². The van der Waals surface area contributed by atoms with Crippen LogP contribution in [-0.4, -0.2) is 18.5 Å². The van der Waals surface area contributed by atoms with E-state index in [1.165, 1.54) is 0 Å². The molecular weight excluding hydrogens is 268 g/mol. The summed E-state index contributed by atoms with van der Waals surface area (Å²) in [7, 11) is 0. The summed E-state index contributed by atoms with van der Waals surface area (Å²) in [5.74, 6) is -0.374. The van der Waals surface area contributed by atoms with E-state index in [0.29, 0.717) is 24.3 Å². The fourth-order valence-electron chi connectivity index (χ4n) is 2.08. The second-order valence-corrected chi connectivity index (χ2v) is 6.26. The Kier molecular flexibility index (Phi) is 5.72. The van der Waals surface area contributed by atoms with Gasteiger partial charge in [0.15, 0.2) is 0 Å². The first-order chi connectivity index (χ1) is 9.71. The van der Waals surface area contributed by atoms with Gasteiger partial charge in [-0.15, -0.1) is 0 Å². The number of urea groups is 1. The van der Waals surface area contributed by atoms with Crippen LogP contribution in [0.1, 0.15) is 27.2 Å². The number of anilines is 2. The number of hydrogen-bond acceptors (Lipinski definition) is 3. The van der Waals surface area contributed by atoms with E-state index in [1.54, 1.807) is 24.3 Å². The fourth-order valence-corrected chi connectivity index (χ4v) is 2.08. The SMILES string of the molecule is CC(C)(C)CC(CN)C(=O)Nc1cccc(NC(N)=O)c1. The Hall–Kier alpha value is -2.08. The lowest BCUT2D eigenvalue weighted by Crippen LogP contribution is -2.32. The zero-order chi connectivity index (χ0) is 16.0. The molecule has 0 aromatic heterocycles. The number of nitrogens with two attached hydrogens (primary N) is 2. The Morgan fingerprint density at radius 2 is 1.76 bits per heavy atom. The van der Waals surface area contributed by atoms with Crippen LogP contribution >= 0.6 is 0 Å². The third-order valence-corrected chi connectivity index (χ3v) is 2.91. The topological polar surface area (TPSA) is 110 Å². The van der Waals surface area contributed by atoms with Gasteiger partial charge in [0, 0.05) is 17.9 Å². The first-order valence-corrected chi connectivity index (χ1v) is 6.89. The molecule has 1 aromatic rings. The summed E-state index contributed by atoms with van der Waals surface area (Å²) in [6, 6.07) is 6.16. The van der Waals surface area contributed by atoms with E-state index in [0.717, 1.165) is 0 Å². The highest BCUT2D eigenvalue weighted by atomic mass is 16.2. The quantitative estimate of drug-likeness (QED) is 0.667. The van der Waals surface area contributed by atoms with Gasteiger partial charge in [0.2, 0.25) is 5.91 Å². The van der Waals surface area contributed by atoms with Crippen LogP contribution < -0.4 is 22.1 Å². The van der Waals surface area contributed by atoms with Crippen molar-refractivity contribution in [3.05, 3.63) is 24.3 Å². The summed E-state index contributed by atoms with van der Waals surface area (Å²) in [6.45, 7) is 6.50. The number of nitrogens with one attached hydrogen (secondary N) is 2. The molecular formula is C15H24N4O2. The van der Waals surface area contributed by atoms with Gasteiger partial charge in [0.25, 0.3) is 0 Å². The van der Waals surface area contributed by atoms with E-state index in [2.05, 4.69) is 31.4 Å². The second kappa shape index (κ2) is 7.08. The summed E-state index contributed by atoms with van der Waals surface area (Å²) >= 11 is 0. The predicted molar refractivity (Wildman–Crippen MR) is 84.9 cm³/mol. The molecule has 6 heteroatoms. The van der Waals surface area contributed by atoms with Crippen LogP contribution in [0.3, 0.4) is 0 Å². The van der Waals surface area contributed by atoms with Gasteiger partial charge in [-0.05, 0) is 30.0 Å². The van der Waals surface area contributed by atoms with E-state index in [9.17, 15) is 9.59 Å². The van der Waals surface area contributed by atoms with Crippen LogP contribution in [0.15, 0.2) is 24.3 Å². The van der Waals surface area contributed by atoms with Crippen molar-refractivity contribution in [2.24, 2.45) is 22.8 Å². The molecule has 0 heterocycles. The largest absolute Gasteiger partial charge is 0.351 e. The maximum Gasteiger partial charge on any atom is 0.316 e. The highest BCUT2D eigenvalue weighted by Crippen LogP contribution is 2.25. The predicted octanol–water partition coefficient (Wildman–Crippen LogP) is 2.13. The maximum atomic E-state index is 12.3. The molecule has 0 fully saturated rings. The Morgan fingerprint density at radius 1 is 1.19 bits per heavy atom. The minimum atomic E-state index is -0.647.